The van der Waals surface area contributed by atoms with Crippen LogP contribution in [0.25, 0.3) is 0 Å². The monoisotopic (exact) mass is 507 g/mol. The third-order valence-electron chi connectivity index (χ3n) is 6.47. The zero-order chi connectivity index (χ0) is 22.8. The number of nitrogens with zero attached hydrogens (tertiary/aromatic N) is 1. The number of aliphatic hydroxyl groups excluding tert-OH is 1. The number of anilines is 1. The van der Waals surface area contributed by atoms with Gasteiger partial charge in [-0.15, -0.1) is 0 Å². The molecule has 1 aliphatic rings. The molecule has 1 fully saturated rings. The van der Waals surface area contributed by atoms with E-state index < -0.39 is 13.2 Å². The highest BCUT2D eigenvalue weighted by Gasteiger charge is 2.42. The van der Waals surface area contributed by atoms with Crippen molar-refractivity contribution in [3.05, 3.63) is 58.6 Å². The van der Waals surface area contributed by atoms with Crippen LogP contribution in [0.15, 0.2) is 53.0 Å². The summed E-state index contributed by atoms with van der Waals surface area (Å²) in [6.45, 7) is 6.65. The number of rotatable bonds is 7. The average molecular weight is 508 g/mol. The minimum atomic E-state index is -3.60. The van der Waals surface area contributed by atoms with Gasteiger partial charge in [-0.1, -0.05) is 55.3 Å². The SMILES string of the molecule is CC(C)[C@@H]1CC[C@H](C)C[C@H]1O[P@](=O)(c1ccc(N(C)C)cc1)[C@H](O)c1ccc(Br)cc1. The maximum Gasteiger partial charge on any atom is 0.264 e. The maximum atomic E-state index is 14.5. The quantitative estimate of drug-likeness (QED) is 0.429. The lowest BCUT2D eigenvalue weighted by Gasteiger charge is -2.40. The first-order valence-corrected chi connectivity index (χ1v) is 13.6. The van der Waals surface area contributed by atoms with Crippen molar-refractivity contribution in [2.24, 2.45) is 17.8 Å². The van der Waals surface area contributed by atoms with Crippen LogP contribution in [-0.2, 0) is 9.09 Å². The Morgan fingerprint density at radius 3 is 2.23 bits per heavy atom. The second-order valence-corrected chi connectivity index (χ2v) is 12.7. The second-order valence-electron chi connectivity index (χ2n) is 9.40. The fourth-order valence-corrected chi connectivity index (χ4v) is 7.04. The Labute approximate surface area is 195 Å². The highest BCUT2D eigenvalue weighted by molar-refractivity contribution is 9.10. The molecule has 1 saturated carbocycles. The van der Waals surface area contributed by atoms with E-state index in [2.05, 4.69) is 36.7 Å². The molecular formula is C25H35BrNO3P. The summed E-state index contributed by atoms with van der Waals surface area (Å²) in [6.07, 6.45) is 2.97. The van der Waals surface area contributed by atoms with E-state index in [1.807, 2.05) is 67.5 Å². The average Bonchev–Trinajstić information content (AvgIpc) is 2.73. The lowest BCUT2D eigenvalue weighted by atomic mass is 9.75. The fourth-order valence-electron chi connectivity index (χ4n) is 4.49. The van der Waals surface area contributed by atoms with Crippen LogP contribution in [0.2, 0.25) is 0 Å². The van der Waals surface area contributed by atoms with Gasteiger partial charge in [0.2, 0.25) is 0 Å². The van der Waals surface area contributed by atoms with E-state index in [0.717, 1.165) is 23.0 Å². The van der Waals surface area contributed by atoms with E-state index in [-0.39, 0.29) is 6.10 Å². The predicted octanol–water partition coefficient (Wildman–Crippen LogP) is 6.59. The lowest BCUT2D eigenvalue weighted by Crippen LogP contribution is -2.35. The smallest absolute Gasteiger partial charge is 0.264 e. The summed E-state index contributed by atoms with van der Waals surface area (Å²) < 4.78 is 22.0. The van der Waals surface area contributed by atoms with Gasteiger partial charge < -0.3 is 14.5 Å². The number of aliphatic hydroxyl groups is 1. The van der Waals surface area contributed by atoms with Crippen LogP contribution >= 0.6 is 23.3 Å². The standard InChI is InChI=1S/C25H35BrNO3P/c1-17(2)23-15-6-18(3)16-24(23)30-31(29,22-13-11-21(12-14-22)27(4)5)25(28)19-7-9-20(26)10-8-19/h7-14,17-18,23-25,28H,6,15-16H2,1-5H3/t18-,23-,24+,25-,31+/m0/s1. The van der Waals surface area contributed by atoms with Gasteiger partial charge in [0.15, 0.2) is 5.85 Å². The van der Waals surface area contributed by atoms with Crippen LogP contribution in [0.3, 0.4) is 0 Å². The molecule has 0 amide bonds. The Morgan fingerprint density at radius 2 is 1.68 bits per heavy atom. The van der Waals surface area contributed by atoms with Crippen LogP contribution < -0.4 is 10.2 Å². The summed E-state index contributed by atoms with van der Waals surface area (Å²) in [7, 11) is 0.341. The van der Waals surface area contributed by atoms with E-state index in [0.29, 0.717) is 28.6 Å². The first-order valence-electron chi connectivity index (χ1n) is 11.1. The summed E-state index contributed by atoms with van der Waals surface area (Å²) in [5.74, 6) is 0.0832. The van der Waals surface area contributed by atoms with Crippen molar-refractivity contribution in [3.8, 4) is 0 Å². The van der Waals surface area contributed by atoms with Crippen LogP contribution in [0, 0.1) is 17.8 Å². The van der Waals surface area contributed by atoms with Gasteiger partial charge in [0.05, 0.1) is 6.10 Å². The van der Waals surface area contributed by atoms with E-state index in [1.165, 1.54) is 6.42 Å². The van der Waals surface area contributed by atoms with E-state index in [4.69, 9.17) is 4.52 Å². The molecule has 0 unspecified atom stereocenters. The molecular weight excluding hydrogens is 473 g/mol. The molecule has 0 bridgehead atoms. The van der Waals surface area contributed by atoms with Gasteiger partial charge in [-0.3, -0.25) is 4.57 Å². The van der Waals surface area contributed by atoms with Gasteiger partial charge in [-0.2, -0.15) is 0 Å². The first kappa shape index (κ1) is 24.5. The van der Waals surface area contributed by atoms with Gasteiger partial charge in [0, 0.05) is 29.6 Å². The summed E-state index contributed by atoms with van der Waals surface area (Å²) in [6, 6.07) is 14.9. The maximum absolute atomic E-state index is 14.5. The number of hydrogen-bond donors (Lipinski definition) is 1. The molecule has 0 saturated heterocycles. The molecule has 0 spiro atoms. The Hall–Kier alpha value is -1.13. The second kappa shape index (κ2) is 10.2. The Bertz CT molecular complexity index is 898. The van der Waals surface area contributed by atoms with E-state index in [1.54, 1.807) is 0 Å². The van der Waals surface area contributed by atoms with Crippen molar-refractivity contribution < 1.29 is 14.2 Å². The van der Waals surface area contributed by atoms with Gasteiger partial charge in [-0.05, 0) is 72.6 Å². The van der Waals surface area contributed by atoms with Gasteiger partial charge >= 0.3 is 0 Å². The van der Waals surface area contributed by atoms with E-state index >= 15 is 0 Å². The molecule has 0 aliphatic heterocycles. The molecule has 0 radical (unpaired) electrons. The molecule has 1 aliphatic carbocycles. The molecule has 0 aromatic heterocycles. The highest BCUT2D eigenvalue weighted by Crippen LogP contribution is 2.60. The molecule has 170 valence electrons. The van der Waals surface area contributed by atoms with Crippen molar-refractivity contribution in [1.29, 1.82) is 0 Å². The van der Waals surface area contributed by atoms with Crippen LogP contribution in [0.4, 0.5) is 5.69 Å². The molecule has 3 rings (SSSR count). The van der Waals surface area contributed by atoms with Crippen molar-refractivity contribution in [2.75, 3.05) is 19.0 Å². The molecule has 2 aromatic rings. The minimum absolute atomic E-state index is 0.131. The summed E-state index contributed by atoms with van der Waals surface area (Å²) >= 11 is 3.43. The third-order valence-corrected chi connectivity index (χ3v) is 9.54. The largest absolute Gasteiger partial charge is 0.378 e. The topological polar surface area (TPSA) is 49.8 Å². The number of hydrogen-bond acceptors (Lipinski definition) is 4. The Morgan fingerprint density at radius 1 is 1.06 bits per heavy atom. The fraction of sp³-hybridized carbons (Fsp3) is 0.520. The Kier molecular flexibility index (Phi) is 8.07. The molecule has 31 heavy (non-hydrogen) atoms. The van der Waals surface area contributed by atoms with Crippen molar-refractivity contribution >= 4 is 34.3 Å². The molecule has 5 atom stereocenters. The van der Waals surface area contributed by atoms with Crippen LogP contribution in [-0.4, -0.2) is 25.3 Å². The Balaban J connectivity index is 2.02. The summed E-state index contributed by atoms with van der Waals surface area (Å²) in [4.78, 5) is 2.00. The summed E-state index contributed by atoms with van der Waals surface area (Å²) in [5, 5.41) is 11.9. The first-order chi connectivity index (χ1) is 14.6. The van der Waals surface area contributed by atoms with Crippen molar-refractivity contribution in [1.82, 2.24) is 0 Å². The normalized spacial score (nSPS) is 24.6. The minimum Gasteiger partial charge on any atom is -0.378 e. The van der Waals surface area contributed by atoms with Crippen molar-refractivity contribution in [3.63, 3.8) is 0 Å². The number of halogens is 1. The molecule has 4 nitrogen and oxygen atoms in total. The lowest BCUT2D eigenvalue weighted by molar-refractivity contribution is 0.0427. The van der Waals surface area contributed by atoms with Crippen molar-refractivity contribution in [2.45, 2.75) is 52.0 Å². The molecule has 1 N–H and O–H groups in total. The van der Waals surface area contributed by atoms with E-state index in [9.17, 15) is 9.67 Å². The molecule has 2 aromatic carbocycles. The van der Waals surface area contributed by atoms with Crippen LogP contribution in [0.5, 0.6) is 0 Å². The van der Waals surface area contributed by atoms with Gasteiger partial charge in [0.25, 0.3) is 7.37 Å². The predicted molar refractivity (Wildman–Crippen MR) is 133 cm³/mol. The van der Waals surface area contributed by atoms with Gasteiger partial charge in [-0.25, -0.2) is 0 Å². The molecule has 0 heterocycles. The highest BCUT2D eigenvalue weighted by atomic mass is 79.9. The molecule has 6 heteroatoms. The third kappa shape index (κ3) is 5.63. The number of benzene rings is 2. The zero-order valence-electron chi connectivity index (χ0n) is 19.2. The van der Waals surface area contributed by atoms with Crippen LogP contribution in [0.1, 0.15) is 51.4 Å². The van der Waals surface area contributed by atoms with Gasteiger partial charge in [0.1, 0.15) is 0 Å². The zero-order valence-corrected chi connectivity index (χ0v) is 21.6. The summed E-state index contributed by atoms with van der Waals surface area (Å²) in [5.41, 5.74) is 1.62.